The largest absolute Gasteiger partial charge is 0.381 e. The summed E-state index contributed by atoms with van der Waals surface area (Å²) in [6, 6.07) is 0.107. The van der Waals surface area contributed by atoms with Crippen LogP contribution in [0.15, 0.2) is 4.52 Å². The first-order valence-corrected chi connectivity index (χ1v) is 5.95. The maximum atomic E-state index is 5.84. The summed E-state index contributed by atoms with van der Waals surface area (Å²) in [6.45, 7) is 3.61. The molecule has 0 amide bonds. The molecule has 0 radical (unpaired) electrons. The van der Waals surface area contributed by atoms with Crippen molar-refractivity contribution >= 4 is 0 Å². The molecule has 0 bridgehead atoms. The van der Waals surface area contributed by atoms with Gasteiger partial charge in [0.2, 0.25) is 5.89 Å². The molecular formula is C11H19N3O2. The van der Waals surface area contributed by atoms with Crippen molar-refractivity contribution in [1.29, 1.82) is 0 Å². The van der Waals surface area contributed by atoms with Gasteiger partial charge in [0.05, 0.1) is 6.61 Å². The first-order chi connectivity index (χ1) is 7.79. The van der Waals surface area contributed by atoms with Crippen molar-refractivity contribution in [2.75, 3.05) is 13.2 Å². The van der Waals surface area contributed by atoms with E-state index in [9.17, 15) is 0 Å². The van der Waals surface area contributed by atoms with E-state index in [1.165, 1.54) is 0 Å². The summed E-state index contributed by atoms with van der Waals surface area (Å²) in [7, 11) is 0. The minimum Gasteiger partial charge on any atom is -0.381 e. The molecular weight excluding hydrogens is 206 g/mol. The predicted octanol–water partition coefficient (Wildman–Crippen LogP) is 1.24. The Morgan fingerprint density at radius 3 is 3.12 bits per heavy atom. The van der Waals surface area contributed by atoms with Crippen LogP contribution in [0.5, 0.6) is 0 Å². The van der Waals surface area contributed by atoms with Crippen molar-refractivity contribution < 1.29 is 9.26 Å². The van der Waals surface area contributed by atoms with Crippen LogP contribution in [0.2, 0.25) is 0 Å². The minimum atomic E-state index is 0.107. The number of aromatic nitrogens is 2. The summed E-state index contributed by atoms with van der Waals surface area (Å²) in [5.74, 6) is 1.72. The zero-order chi connectivity index (χ0) is 11.4. The monoisotopic (exact) mass is 225 g/mol. The smallest absolute Gasteiger partial charge is 0.228 e. The summed E-state index contributed by atoms with van der Waals surface area (Å²) < 4.78 is 10.6. The second kappa shape index (κ2) is 5.41. The van der Waals surface area contributed by atoms with Crippen LogP contribution in [0.3, 0.4) is 0 Å². The van der Waals surface area contributed by atoms with Crippen LogP contribution in [0, 0.1) is 0 Å². The van der Waals surface area contributed by atoms with Crippen molar-refractivity contribution in [2.45, 2.75) is 44.6 Å². The Hall–Kier alpha value is -0.940. The van der Waals surface area contributed by atoms with Crippen molar-refractivity contribution in [3.63, 3.8) is 0 Å². The van der Waals surface area contributed by atoms with Gasteiger partial charge < -0.3 is 15.0 Å². The Balaban J connectivity index is 1.95. The fourth-order valence-electron chi connectivity index (χ4n) is 1.83. The zero-order valence-corrected chi connectivity index (χ0v) is 9.69. The molecule has 5 nitrogen and oxygen atoms in total. The number of hydrogen-bond donors (Lipinski definition) is 1. The highest BCUT2D eigenvalue weighted by Gasteiger charge is 2.21. The van der Waals surface area contributed by atoms with E-state index in [0.717, 1.165) is 31.7 Å². The van der Waals surface area contributed by atoms with Crippen LogP contribution in [0.4, 0.5) is 0 Å². The second-order valence-corrected chi connectivity index (χ2v) is 4.33. The summed E-state index contributed by atoms with van der Waals surface area (Å²) in [4.78, 5) is 4.38. The van der Waals surface area contributed by atoms with Crippen LogP contribution < -0.4 is 5.73 Å². The Kier molecular flexibility index (Phi) is 3.90. The minimum absolute atomic E-state index is 0.107. The van der Waals surface area contributed by atoms with Crippen molar-refractivity contribution in [3.8, 4) is 0 Å². The SMILES string of the molecule is CCC(N)Cc1nc(C2CCCOC2)no1. The molecule has 2 N–H and O–H groups in total. The number of nitrogens with two attached hydrogens (primary N) is 1. The van der Waals surface area contributed by atoms with Crippen molar-refractivity contribution in [2.24, 2.45) is 5.73 Å². The lowest BCUT2D eigenvalue weighted by molar-refractivity contribution is 0.0773. The van der Waals surface area contributed by atoms with E-state index in [1.807, 2.05) is 0 Å². The Labute approximate surface area is 95.3 Å². The Morgan fingerprint density at radius 2 is 2.44 bits per heavy atom. The van der Waals surface area contributed by atoms with Crippen LogP contribution in [0.1, 0.15) is 43.8 Å². The van der Waals surface area contributed by atoms with Crippen molar-refractivity contribution in [1.82, 2.24) is 10.1 Å². The fraction of sp³-hybridized carbons (Fsp3) is 0.818. The second-order valence-electron chi connectivity index (χ2n) is 4.33. The standard InChI is InChI=1S/C11H19N3O2/c1-2-9(12)6-10-13-11(14-16-10)8-4-3-5-15-7-8/h8-9H,2-7,12H2,1H3. The molecule has 1 fully saturated rings. The average molecular weight is 225 g/mol. The van der Waals surface area contributed by atoms with Gasteiger partial charge in [-0.3, -0.25) is 0 Å². The first-order valence-electron chi connectivity index (χ1n) is 5.95. The lowest BCUT2D eigenvalue weighted by Gasteiger charge is -2.18. The highest BCUT2D eigenvalue weighted by atomic mass is 16.5. The molecule has 2 rings (SSSR count). The molecule has 2 unspecified atom stereocenters. The van der Waals surface area contributed by atoms with Gasteiger partial charge in [-0.15, -0.1) is 0 Å². The zero-order valence-electron chi connectivity index (χ0n) is 9.69. The third kappa shape index (κ3) is 2.80. The van der Waals surface area contributed by atoms with Gasteiger partial charge in [0.15, 0.2) is 5.82 Å². The van der Waals surface area contributed by atoms with E-state index < -0.39 is 0 Å². The molecule has 1 aromatic heterocycles. The first kappa shape index (κ1) is 11.5. The lowest BCUT2D eigenvalue weighted by Crippen LogP contribution is -2.21. The summed E-state index contributed by atoms with van der Waals surface area (Å²) >= 11 is 0. The molecule has 0 aromatic carbocycles. The van der Waals surface area contributed by atoms with Crippen LogP contribution in [-0.2, 0) is 11.2 Å². The number of ether oxygens (including phenoxy) is 1. The molecule has 0 aliphatic carbocycles. The fourth-order valence-corrected chi connectivity index (χ4v) is 1.83. The van der Waals surface area contributed by atoms with Gasteiger partial charge in [-0.05, 0) is 19.3 Å². The van der Waals surface area contributed by atoms with E-state index >= 15 is 0 Å². The molecule has 0 saturated carbocycles. The molecule has 2 atom stereocenters. The van der Waals surface area contributed by atoms with Gasteiger partial charge >= 0.3 is 0 Å². The van der Waals surface area contributed by atoms with E-state index in [0.29, 0.717) is 24.8 Å². The van der Waals surface area contributed by atoms with Crippen LogP contribution in [-0.4, -0.2) is 29.4 Å². The quantitative estimate of drug-likeness (QED) is 0.834. The predicted molar refractivity (Wildman–Crippen MR) is 59.1 cm³/mol. The molecule has 2 heterocycles. The maximum absolute atomic E-state index is 5.84. The summed E-state index contributed by atoms with van der Waals surface area (Å²) in [5.41, 5.74) is 5.84. The van der Waals surface area contributed by atoms with Gasteiger partial charge in [-0.2, -0.15) is 4.98 Å². The van der Waals surface area contributed by atoms with Gasteiger partial charge in [0, 0.05) is 25.0 Å². The Morgan fingerprint density at radius 1 is 1.56 bits per heavy atom. The van der Waals surface area contributed by atoms with Gasteiger partial charge in [0.1, 0.15) is 0 Å². The van der Waals surface area contributed by atoms with Crippen LogP contribution >= 0.6 is 0 Å². The third-order valence-corrected chi connectivity index (χ3v) is 2.97. The maximum Gasteiger partial charge on any atom is 0.228 e. The van der Waals surface area contributed by atoms with E-state index in [-0.39, 0.29) is 6.04 Å². The van der Waals surface area contributed by atoms with Crippen molar-refractivity contribution in [3.05, 3.63) is 11.7 Å². The number of nitrogens with zero attached hydrogens (tertiary/aromatic N) is 2. The average Bonchev–Trinajstić information content (AvgIpc) is 2.78. The third-order valence-electron chi connectivity index (χ3n) is 2.97. The highest BCUT2D eigenvalue weighted by molar-refractivity contribution is 4.97. The van der Waals surface area contributed by atoms with E-state index in [4.69, 9.17) is 15.0 Å². The molecule has 0 spiro atoms. The van der Waals surface area contributed by atoms with E-state index in [2.05, 4.69) is 17.1 Å². The highest BCUT2D eigenvalue weighted by Crippen LogP contribution is 2.22. The lowest BCUT2D eigenvalue weighted by atomic mass is 10.0. The van der Waals surface area contributed by atoms with E-state index in [1.54, 1.807) is 0 Å². The molecule has 1 aliphatic heterocycles. The van der Waals surface area contributed by atoms with Gasteiger partial charge in [0.25, 0.3) is 0 Å². The summed E-state index contributed by atoms with van der Waals surface area (Å²) in [6.07, 6.45) is 3.74. The topological polar surface area (TPSA) is 74.2 Å². The van der Waals surface area contributed by atoms with Crippen LogP contribution in [0.25, 0.3) is 0 Å². The molecule has 16 heavy (non-hydrogen) atoms. The molecule has 1 saturated heterocycles. The Bertz CT molecular complexity index is 321. The van der Waals surface area contributed by atoms with Gasteiger partial charge in [-0.1, -0.05) is 12.1 Å². The number of rotatable bonds is 4. The normalized spacial score (nSPS) is 23.2. The molecule has 1 aliphatic rings. The summed E-state index contributed by atoms with van der Waals surface area (Å²) in [5, 5.41) is 4.01. The molecule has 1 aromatic rings. The molecule has 90 valence electrons. The molecule has 5 heteroatoms. The van der Waals surface area contributed by atoms with Gasteiger partial charge in [-0.25, -0.2) is 0 Å². The number of hydrogen-bond acceptors (Lipinski definition) is 5.